The highest BCUT2D eigenvalue weighted by Crippen LogP contribution is 2.36. The van der Waals surface area contributed by atoms with Crippen molar-refractivity contribution in [1.82, 2.24) is 4.90 Å². The van der Waals surface area contributed by atoms with E-state index in [1.54, 1.807) is 11.8 Å². The number of carboxylic acid groups (broad SMARTS) is 1. The first-order valence-electron chi connectivity index (χ1n) is 6.93. The smallest absolute Gasteiger partial charge is 0.308 e. The fraction of sp³-hybridized carbons (Fsp3) is 0.600. The first kappa shape index (κ1) is 14.6. The van der Waals surface area contributed by atoms with Crippen LogP contribution in [0.3, 0.4) is 0 Å². The third kappa shape index (κ3) is 2.44. The Morgan fingerprint density at radius 1 is 1.45 bits per heavy atom. The molecule has 5 heteroatoms. The van der Waals surface area contributed by atoms with Crippen LogP contribution in [0.1, 0.15) is 44.8 Å². The van der Waals surface area contributed by atoms with Gasteiger partial charge in [-0.1, -0.05) is 6.92 Å². The molecular weight excluding hydrogens is 258 g/mol. The molecular formula is C15H21NO4. The van der Waals surface area contributed by atoms with E-state index < -0.39 is 11.9 Å². The zero-order valence-electron chi connectivity index (χ0n) is 12.3. The molecule has 1 amide bonds. The molecule has 1 saturated heterocycles. The maximum atomic E-state index is 12.3. The SMILES string of the molecule is Cc1ccc(C(C)N2C(=O)CC(C)C(C(=O)O)C2C)o1. The molecule has 0 aromatic carbocycles. The number of hydrogen-bond acceptors (Lipinski definition) is 3. The van der Waals surface area contributed by atoms with Crippen LogP contribution in [-0.2, 0) is 9.59 Å². The van der Waals surface area contributed by atoms with E-state index in [4.69, 9.17) is 4.42 Å². The number of piperidine rings is 1. The molecule has 5 nitrogen and oxygen atoms in total. The zero-order valence-corrected chi connectivity index (χ0v) is 12.3. The van der Waals surface area contributed by atoms with E-state index in [9.17, 15) is 14.7 Å². The van der Waals surface area contributed by atoms with Gasteiger partial charge in [-0.05, 0) is 38.8 Å². The fourth-order valence-electron chi connectivity index (χ4n) is 3.22. The number of carbonyl (C=O) groups excluding carboxylic acids is 1. The number of hydrogen-bond donors (Lipinski definition) is 1. The van der Waals surface area contributed by atoms with Crippen molar-refractivity contribution in [1.29, 1.82) is 0 Å². The highest BCUT2D eigenvalue weighted by Gasteiger charge is 2.44. The van der Waals surface area contributed by atoms with Gasteiger partial charge in [0, 0.05) is 12.5 Å². The molecule has 110 valence electrons. The number of aliphatic carboxylic acids is 1. The number of rotatable bonds is 3. The van der Waals surface area contributed by atoms with Gasteiger partial charge in [-0.3, -0.25) is 9.59 Å². The average molecular weight is 279 g/mol. The maximum absolute atomic E-state index is 12.3. The minimum atomic E-state index is -0.842. The average Bonchev–Trinajstić information content (AvgIpc) is 2.74. The summed E-state index contributed by atoms with van der Waals surface area (Å²) in [6.45, 7) is 7.35. The van der Waals surface area contributed by atoms with Crippen LogP contribution in [0, 0.1) is 18.8 Å². The third-order valence-corrected chi connectivity index (χ3v) is 4.23. The molecule has 2 rings (SSSR count). The number of carboxylic acids is 1. The summed E-state index contributed by atoms with van der Waals surface area (Å²) in [5.74, 6) is -0.0501. The second kappa shape index (κ2) is 5.31. The number of amides is 1. The Kier molecular flexibility index (Phi) is 3.88. The number of nitrogens with zero attached hydrogens (tertiary/aromatic N) is 1. The Bertz CT molecular complexity index is 522. The van der Waals surface area contributed by atoms with Gasteiger partial charge in [-0.15, -0.1) is 0 Å². The predicted molar refractivity (Wildman–Crippen MR) is 73.1 cm³/mol. The summed E-state index contributed by atoms with van der Waals surface area (Å²) in [6.07, 6.45) is 0.269. The van der Waals surface area contributed by atoms with E-state index in [-0.39, 0.29) is 30.3 Å². The number of carbonyl (C=O) groups is 2. The summed E-state index contributed by atoms with van der Waals surface area (Å²) in [5.41, 5.74) is 0. The molecule has 1 aromatic rings. The summed E-state index contributed by atoms with van der Waals surface area (Å²) in [4.78, 5) is 25.4. The molecule has 1 N–H and O–H groups in total. The second-order valence-corrected chi connectivity index (χ2v) is 5.71. The van der Waals surface area contributed by atoms with E-state index in [1.165, 1.54) is 0 Å². The van der Waals surface area contributed by atoms with Gasteiger partial charge in [0.1, 0.15) is 11.5 Å². The van der Waals surface area contributed by atoms with Crippen LogP contribution < -0.4 is 0 Å². The third-order valence-electron chi connectivity index (χ3n) is 4.23. The van der Waals surface area contributed by atoms with Gasteiger partial charge in [0.05, 0.1) is 12.0 Å². The molecule has 0 radical (unpaired) electrons. The van der Waals surface area contributed by atoms with Crippen LogP contribution in [0.2, 0.25) is 0 Å². The van der Waals surface area contributed by atoms with Crippen molar-refractivity contribution in [3.05, 3.63) is 23.7 Å². The zero-order chi connectivity index (χ0) is 15.0. The Morgan fingerprint density at radius 2 is 2.10 bits per heavy atom. The first-order chi connectivity index (χ1) is 9.32. The monoisotopic (exact) mass is 279 g/mol. The van der Waals surface area contributed by atoms with Crippen molar-refractivity contribution in [3.8, 4) is 0 Å². The molecule has 0 bridgehead atoms. The largest absolute Gasteiger partial charge is 0.481 e. The summed E-state index contributed by atoms with van der Waals surface area (Å²) in [7, 11) is 0. The van der Waals surface area contributed by atoms with Crippen molar-refractivity contribution in [2.45, 2.75) is 46.2 Å². The van der Waals surface area contributed by atoms with E-state index >= 15 is 0 Å². The first-order valence-corrected chi connectivity index (χ1v) is 6.93. The Morgan fingerprint density at radius 3 is 2.60 bits per heavy atom. The van der Waals surface area contributed by atoms with Crippen molar-refractivity contribution in [2.75, 3.05) is 0 Å². The molecule has 0 spiro atoms. The Balaban J connectivity index is 2.29. The van der Waals surface area contributed by atoms with Crippen molar-refractivity contribution >= 4 is 11.9 Å². The van der Waals surface area contributed by atoms with E-state index in [1.807, 2.05) is 32.9 Å². The topological polar surface area (TPSA) is 70.8 Å². The fourth-order valence-corrected chi connectivity index (χ4v) is 3.22. The van der Waals surface area contributed by atoms with Crippen molar-refractivity contribution in [3.63, 3.8) is 0 Å². The van der Waals surface area contributed by atoms with Crippen molar-refractivity contribution in [2.24, 2.45) is 11.8 Å². The van der Waals surface area contributed by atoms with E-state index in [2.05, 4.69) is 0 Å². The van der Waals surface area contributed by atoms with Gasteiger partial charge in [0.2, 0.25) is 5.91 Å². The molecule has 1 fully saturated rings. The molecule has 1 aromatic heterocycles. The minimum Gasteiger partial charge on any atom is -0.481 e. The van der Waals surface area contributed by atoms with Gasteiger partial charge >= 0.3 is 5.97 Å². The highest BCUT2D eigenvalue weighted by atomic mass is 16.4. The lowest BCUT2D eigenvalue weighted by atomic mass is 9.80. The number of aryl methyl sites for hydroxylation is 1. The molecule has 0 saturated carbocycles. The molecule has 1 aliphatic heterocycles. The van der Waals surface area contributed by atoms with E-state index in [0.717, 1.165) is 5.76 Å². The van der Waals surface area contributed by atoms with Crippen LogP contribution in [0.5, 0.6) is 0 Å². The summed E-state index contributed by atoms with van der Waals surface area (Å²) in [6, 6.07) is 3.10. The lowest BCUT2D eigenvalue weighted by Gasteiger charge is -2.43. The predicted octanol–water partition coefficient (Wildman–Crippen LogP) is 2.61. The van der Waals surface area contributed by atoms with Gasteiger partial charge in [0.15, 0.2) is 0 Å². The summed E-state index contributed by atoms with van der Waals surface area (Å²) < 4.78 is 5.58. The number of likely N-dealkylation sites (tertiary alicyclic amines) is 1. The lowest BCUT2D eigenvalue weighted by Crippen LogP contribution is -2.53. The Hall–Kier alpha value is -1.78. The molecule has 4 unspecified atom stereocenters. The maximum Gasteiger partial charge on any atom is 0.308 e. The molecule has 4 atom stereocenters. The quantitative estimate of drug-likeness (QED) is 0.923. The molecule has 2 heterocycles. The van der Waals surface area contributed by atoms with Gasteiger partial charge in [0.25, 0.3) is 0 Å². The van der Waals surface area contributed by atoms with Gasteiger partial charge in [-0.2, -0.15) is 0 Å². The second-order valence-electron chi connectivity index (χ2n) is 5.71. The molecule has 20 heavy (non-hydrogen) atoms. The minimum absolute atomic E-state index is 0.0101. The summed E-state index contributed by atoms with van der Waals surface area (Å²) in [5, 5.41) is 9.38. The van der Waals surface area contributed by atoms with E-state index in [0.29, 0.717) is 5.76 Å². The van der Waals surface area contributed by atoms with Crippen molar-refractivity contribution < 1.29 is 19.1 Å². The van der Waals surface area contributed by atoms with Gasteiger partial charge < -0.3 is 14.4 Å². The van der Waals surface area contributed by atoms with Crippen LogP contribution >= 0.6 is 0 Å². The molecule has 0 aliphatic carbocycles. The Labute approximate surface area is 118 Å². The standard InChI is InChI=1S/C15H21NO4/c1-8-7-13(17)16(11(4)14(8)15(18)19)10(3)12-6-5-9(2)20-12/h5-6,8,10-11,14H,7H2,1-4H3,(H,18,19). The molecule has 1 aliphatic rings. The summed E-state index contributed by atoms with van der Waals surface area (Å²) >= 11 is 0. The van der Waals surface area contributed by atoms with Crippen LogP contribution in [0.25, 0.3) is 0 Å². The van der Waals surface area contributed by atoms with Crippen LogP contribution in [-0.4, -0.2) is 27.9 Å². The van der Waals surface area contributed by atoms with Gasteiger partial charge in [-0.25, -0.2) is 0 Å². The number of furan rings is 1. The highest BCUT2D eigenvalue weighted by molar-refractivity contribution is 5.82. The van der Waals surface area contributed by atoms with Crippen LogP contribution in [0.15, 0.2) is 16.5 Å². The lowest BCUT2D eigenvalue weighted by molar-refractivity contribution is -0.157. The normalized spacial score (nSPS) is 28.5. The van der Waals surface area contributed by atoms with Crippen LogP contribution in [0.4, 0.5) is 0 Å².